The number of hydrogen-bond acceptors (Lipinski definition) is 6. The predicted octanol–water partition coefficient (Wildman–Crippen LogP) is 4.26. The molecule has 0 fully saturated rings. The van der Waals surface area contributed by atoms with Gasteiger partial charge in [0.15, 0.2) is 0 Å². The molecule has 0 spiro atoms. The maximum Gasteiger partial charge on any atom is 0.338 e. The maximum atomic E-state index is 13.6. The number of benzene rings is 2. The van der Waals surface area contributed by atoms with Crippen LogP contribution in [0, 0.1) is 12.7 Å². The van der Waals surface area contributed by atoms with Crippen molar-refractivity contribution in [3.8, 4) is 0 Å². The molecule has 10 heteroatoms. The highest BCUT2D eigenvalue weighted by atomic mass is 35.5. The van der Waals surface area contributed by atoms with E-state index >= 15 is 0 Å². The van der Waals surface area contributed by atoms with Crippen LogP contribution >= 0.6 is 11.6 Å². The van der Waals surface area contributed by atoms with Crippen LogP contribution in [-0.2, 0) is 14.3 Å². The first-order valence-corrected chi connectivity index (χ1v) is 11.0. The normalized spacial score (nSPS) is 15.2. The van der Waals surface area contributed by atoms with Gasteiger partial charge in [-0.25, -0.2) is 13.9 Å². The van der Waals surface area contributed by atoms with Crippen LogP contribution in [0.15, 0.2) is 60.1 Å². The number of amides is 1. The maximum absolute atomic E-state index is 13.6. The Bertz CT molecular complexity index is 1270. The molecule has 2 aromatic carbocycles. The minimum atomic E-state index is -0.688. The lowest BCUT2D eigenvalue weighted by Crippen LogP contribution is -2.41. The zero-order chi connectivity index (χ0) is 24.4. The lowest BCUT2D eigenvalue weighted by Gasteiger charge is -2.35. The summed E-state index contributed by atoms with van der Waals surface area (Å²) in [6, 6.07) is 10.4. The zero-order valence-electron chi connectivity index (χ0n) is 18.9. The van der Waals surface area contributed by atoms with Crippen molar-refractivity contribution < 1.29 is 18.7 Å². The van der Waals surface area contributed by atoms with Gasteiger partial charge in [0.1, 0.15) is 24.7 Å². The summed E-state index contributed by atoms with van der Waals surface area (Å²) in [5.74, 6) is -0.904. The molecule has 2 heterocycles. The average molecular weight is 484 g/mol. The molecule has 1 atom stereocenters. The van der Waals surface area contributed by atoms with E-state index in [1.165, 1.54) is 23.1 Å². The number of rotatable bonds is 6. The van der Waals surface area contributed by atoms with Gasteiger partial charge in [0.25, 0.3) is 0 Å². The number of carbonyl (C=O) groups is 2. The Hall–Kier alpha value is -3.72. The molecule has 1 amide bonds. The fraction of sp³-hybridized carbons (Fsp3) is 0.250. The third-order valence-electron chi connectivity index (χ3n) is 5.63. The third-order valence-corrected chi connectivity index (χ3v) is 6.04. The molecule has 1 aliphatic heterocycles. The molecule has 4 rings (SSSR count). The topological polar surface area (TPSA) is 89.3 Å². The van der Waals surface area contributed by atoms with Crippen molar-refractivity contribution in [3.05, 3.63) is 82.0 Å². The number of fused-ring (bicyclic) bond motifs is 1. The molecule has 1 aliphatic rings. The monoisotopic (exact) mass is 483 g/mol. The van der Waals surface area contributed by atoms with Crippen molar-refractivity contribution in [3.63, 3.8) is 0 Å². The number of halogens is 2. The highest BCUT2D eigenvalue weighted by molar-refractivity contribution is 6.31. The van der Waals surface area contributed by atoms with Crippen molar-refractivity contribution in [2.24, 2.45) is 0 Å². The third kappa shape index (κ3) is 4.38. The van der Waals surface area contributed by atoms with Crippen LogP contribution in [-0.4, -0.2) is 39.8 Å². The van der Waals surface area contributed by atoms with E-state index in [4.69, 9.17) is 16.3 Å². The molecule has 1 aromatic heterocycles. The van der Waals surface area contributed by atoms with Crippen molar-refractivity contribution in [1.82, 2.24) is 14.8 Å². The molecular weight excluding hydrogens is 461 g/mol. The van der Waals surface area contributed by atoms with E-state index in [0.717, 1.165) is 5.56 Å². The Labute approximate surface area is 201 Å². The van der Waals surface area contributed by atoms with Crippen LogP contribution in [0.1, 0.15) is 31.0 Å². The van der Waals surface area contributed by atoms with Gasteiger partial charge in [-0.1, -0.05) is 29.8 Å². The Morgan fingerprint density at radius 2 is 1.91 bits per heavy atom. The van der Waals surface area contributed by atoms with Crippen LogP contribution < -0.4 is 10.2 Å². The standard InChI is InChI=1S/C24H23ClFN5O3/c1-4-34-23(33)21-15(3)30(12-20(32)29-19-7-5-6-18(25)14(19)2)24-27-13-28-31(24)22(21)16-8-10-17(26)11-9-16/h5-11,13,22H,4,12H2,1-3H3,(H,29,32)/t22-/m0/s1. The molecule has 0 bridgehead atoms. The van der Waals surface area contributed by atoms with Gasteiger partial charge in [-0.3, -0.25) is 4.79 Å². The summed E-state index contributed by atoms with van der Waals surface area (Å²) in [6.45, 7) is 5.29. The largest absolute Gasteiger partial charge is 0.463 e. The molecule has 8 nitrogen and oxygen atoms in total. The number of aromatic nitrogens is 3. The first-order valence-electron chi connectivity index (χ1n) is 10.7. The first kappa shape index (κ1) is 23.4. The second-order valence-corrected chi connectivity index (χ2v) is 8.13. The summed E-state index contributed by atoms with van der Waals surface area (Å²) in [6.07, 6.45) is 1.35. The lowest BCUT2D eigenvalue weighted by molar-refractivity contribution is -0.139. The number of hydrogen-bond donors (Lipinski definition) is 1. The van der Waals surface area contributed by atoms with Gasteiger partial charge in [-0.05, 0) is 56.2 Å². The zero-order valence-corrected chi connectivity index (χ0v) is 19.6. The molecule has 3 aromatic rings. The minimum absolute atomic E-state index is 0.129. The minimum Gasteiger partial charge on any atom is -0.463 e. The highest BCUT2D eigenvalue weighted by Crippen LogP contribution is 2.38. The highest BCUT2D eigenvalue weighted by Gasteiger charge is 2.38. The van der Waals surface area contributed by atoms with Gasteiger partial charge in [0.2, 0.25) is 11.9 Å². The van der Waals surface area contributed by atoms with Gasteiger partial charge in [0, 0.05) is 16.4 Å². The molecule has 0 radical (unpaired) electrons. The summed E-state index contributed by atoms with van der Waals surface area (Å²) in [5, 5.41) is 7.71. The Morgan fingerprint density at radius 1 is 1.18 bits per heavy atom. The lowest BCUT2D eigenvalue weighted by atomic mass is 9.95. The molecular formula is C24H23ClFN5O3. The van der Waals surface area contributed by atoms with E-state index in [2.05, 4.69) is 15.4 Å². The molecule has 0 aliphatic carbocycles. The number of allylic oxidation sites excluding steroid dienone is 1. The number of esters is 1. The average Bonchev–Trinajstić information content (AvgIpc) is 3.29. The second kappa shape index (κ2) is 9.64. The Morgan fingerprint density at radius 3 is 2.62 bits per heavy atom. The summed E-state index contributed by atoms with van der Waals surface area (Å²) < 4.78 is 20.4. The molecule has 34 heavy (non-hydrogen) atoms. The van der Waals surface area contributed by atoms with Crippen molar-refractivity contribution in [2.45, 2.75) is 26.8 Å². The fourth-order valence-electron chi connectivity index (χ4n) is 3.92. The summed E-state index contributed by atoms with van der Waals surface area (Å²) in [7, 11) is 0. The number of nitrogens with zero attached hydrogens (tertiary/aromatic N) is 4. The van der Waals surface area contributed by atoms with Crippen molar-refractivity contribution >= 4 is 35.1 Å². The predicted molar refractivity (Wildman–Crippen MR) is 126 cm³/mol. The second-order valence-electron chi connectivity index (χ2n) is 7.72. The number of anilines is 2. The van der Waals surface area contributed by atoms with Crippen molar-refractivity contribution in [2.75, 3.05) is 23.4 Å². The number of ether oxygens (including phenoxy) is 1. The number of nitrogens with one attached hydrogen (secondary N) is 1. The van der Waals surface area contributed by atoms with Gasteiger partial charge in [-0.2, -0.15) is 10.1 Å². The summed E-state index contributed by atoms with van der Waals surface area (Å²) in [5.41, 5.74) is 2.75. The quantitative estimate of drug-likeness (QED) is 0.527. The van der Waals surface area contributed by atoms with Crippen molar-refractivity contribution in [1.29, 1.82) is 0 Å². The van der Waals surface area contributed by atoms with Gasteiger partial charge in [0.05, 0.1) is 12.2 Å². The van der Waals surface area contributed by atoms with Gasteiger partial charge < -0.3 is 15.0 Å². The van der Waals surface area contributed by atoms with Crippen LogP contribution in [0.3, 0.4) is 0 Å². The van der Waals surface area contributed by atoms with Crippen LogP contribution in [0.25, 0.3) is 0 Å². The summed E-state index contributed by atoms with van der Waals surface area (Å²) >= 11 is 6.17. The van der Waals surface area contributed by atoms with E-state index in [1.54, 1.807) is 49.1 Å². The Kier molecular flexibility index (Phi) is 6.65. The number of carbonyl (C=O) groups excluding carboxylic acids is 2. The van der Waals surface area contributed by atoms with Crippen LogP contribution in [0.2, 0.25) is 5.02 Å². The molecule has 1 N–H and O–H groups in total. The fourth-order valence-corrected chi connectivity index (χ4v) is 4.10. The molecule has 0 saturated carbocycles. The molecule has 0 unspecified atom stereocenters. The van der Waals surface area contributed by atoms with E-state index in [1.807, 2.05) is 6.92 Å². The van der Waals surface area contributed by atoms with E-state index in [-0.39, 0.29) is 24.6 Å². The SMILES string of the molecule is CCOC(=O)C1=C(C)N(CC(=O)Nc2cccc(Cl)c2C)c2ncnn2[C@H]1c1ccc(F)cc1. The molecule has 0 saturated heterocycles. The molecule has 176 valence electrons. The van der Waals surface area contributed by atoms with E-state index < -0.39 is 17.8 Å². The van der Waals surface area contributed by atoms with E-state index in [9.17, 15) is 14.0 Å². The van der Waals surface area contributed by atoms with Gasteiger partial charge >= 0.3 is 5.97 Å². The van der Waals surface area contributed by atoms with E-state index in [0.29, 0.717) is 27.9 Å². The Balaban J connectivity index is 1.73. The first-order chi connectivity index (χ1) is 16.3. The smallest absolute Gasteiger partial charge is 0.338 e. The van der Waals surface area contributed by atoms with Crippen LogP contribution in [0.4, 0.5) is 16.0 Å². The van der Waals surface area contributed by atoms with Gasteiger partial charge in [-0.15, -0.1) is 0 Å². The summed E-state index contributed by atoms with van der Waals surface area (Å²) in [4.78, 5) is 32.0. The van der Waals surface area contributed by atoms with Crippen LogP contribution in [0.5, 0.6) is 0 Å².